The van der Waals surface area contributed by atoms with Crippen LogP contribution < -0.4 is 0 Å². The molecule has 2 fully saturated rings. The Bertz CT molecular complexity index is 1320. The predicted octanol–water partition coefficient (Wildman–Crippen LogP) is 3.67. The molecule has 11 heteroatoms. The van der Waals surface area contributed by atoms with Gasteiger partial charge in [-0.15, -0.1) is 0 Å². The Morgan fingerprint density at radius 2 is 1.89 bits per heavy atom. The minimum Gasteiger partial charge on any atom is -0.378 e. The van der Waals surface area contributed by atoms with E-state index in [1.165, 1.54) is 16.9 Å². The van der Waals surface area contributed by atoms with Crippen molar-refractivity contribution in [2.24, 2.45) is 0 Å². The van der Waals surface area contributed by atoms with Crippen LogP contribution in [0.5, 0.6) is 0 Å². The number of likely N-dealkylation sites (tertiary alicyclic amines) is 1. The van der Waals surface area contributed by atoms with Crippen LogP contribution in [0.1, 0.15) is 45.7 Å². The van der Waals surface area contributed by atoms with E-state index in [1.807, 2.05) is 12.1 Å². The van der Waals surface area contributed by atoms with Crippen LogP contribution in [0.3, 0.4) is 0 Å². The first kappa shape index (κ1) is 25.0. The van der Waals surface area contributed by atoms with Crippen LogP contribution in [0.25, 0.3) is 5.82 Å². The summed E-state index contributed by atoms with van der Waals surface area (Å²) in [6, 6.07) is 8.73. The number of Topliss-reactive ketones (excluding diaryl/α,β-unsaturated/α-hetero) is 1. The number of hydrogen-bond donors (Lipinski definition) is 0. The molecule has 2 aliphatic heterocycles. The average Bonchev–Trinajstić information content (AvgIpc) is 3.25. The fraction of sp³-hybridized carbons (Fsp3) is 0.423. The van der Waals surface area contributed by atoms with E-state index in [4.69, 9.17) is 4.74 Å². The molecule has 3 aromatic rings. The molecule has 0 spiro atoms. The van der Waals surface area contributed by atoms with E-state index in [0.717, 1.165) is 38.6 Å². The normalized spacial score (nSPS) is 18.2. The van der Waals surface area contributed by atoms with Gasteiger partial charge in [0.15, 0.2) is 11.6 Å². The van der Waals surface area contributed by atoms with Crippen LogP contribution in [0.15, 0.2) is 42.9 Å². The number of pyridine rings is 2. The molecule has 37 heavy (non-hydrogen) atoms. The Labute approximate surface area is 211 Å². The van der Waals surface area contributed by atoms with E-state index in [2.05, 4.69) is 26.0 Å². The molecule has 0 aromatic carbocycles. The van der Waals surface area contributed by atoms with Gasteiger partial charge in [0.05, 0.1) is 54.0 Å². The third kappa shape index (κ3) is 4.86. The lowest BCUT2D eigenvalue weighted by Gasteiger charge is -2.43. The second kappa shape index (κ2) is 9.68. The molecule has 0 radical (unpaired) electrons. The van der Waals surface area contributed by atoms with Crippen molar-refractivity contribution in [3.63, 3.8) is 0 Å². The van der Waals surface area contributed by atoms with E-state index in [0.29, 0.717) is 41.4 Å². The summed E-state index contributed by atoms with van der Waals surface area (Å²) in [7, 11) is 0. The van der Waals surface area contributed by atoms with Crippen molar-refractivity contribution in [1.29, 1.82) is 5.26 Å². The van der Waals surface area contributed by atoms with Crippen LogP contribution in [-0.4, -0.2) is 62.8 Å². The van der Waals surface area contributed by atoms with Gasteiger partial charge in [-0.05, 0) is 43.5 Å². The van der Waals surface area contributed by atoms with E-state index >= 15 is 0 Å². The van der Waals surface area contributed by atoms with Gasteiger partial charge in [-0.3, -0.25) is 14.7 Å². The molecule has 0 amide bonds. The first-order chi connectivity index (χ1) is 17.7. The summed E-state index contributed by atoms with van der Waals surface area (Å²) in [6.07, 6.45) is 0.758. The molecule has 3 aromatic heterocycles. The summed E-state index contributed by atoms with van der Waals surface area (Å²) < 4.78 is 45.1. The van der Waals surface area contributed by atoms with Crippen molar-refractivity contribution in [3.8, 4) is 11.9 Å². The lowest BCUT2D eigenvalue weighted by Crippen LogP contribution is -2.54. The van der Waals surface area contributed by atoms with Crippen LogP contribution in [0.2, 0.25) is 0 Å². The number of nitrogens with zero attached hydrogens (tertiary/aromatic N) is 6. The number of carbonyl (C=O) groups excluding carboxylic acids is 1. The second-order valence-electron chi connectivity index (χ2n) is 9.53. The fourth-order valence-electron chi connectivity index (χ4n) is 4.82. The minimum atomic E-state index is -4.48. The van der Waals surface area contributed by atoms with Crippen LogP contribution >= 0.6 is 0 Å². The maximum atomic E-state index is 13.0. The van der Waals surface area contributed by atoms with E-state index in [-0.39, 0.29) is 18.0 Å². The minimum absolute atomic E-state index is 0.0786. The first-order valence-electron chi connectivity index (χ1n) is 12.0. The summed E-state index contributed by atoms with van der Waals surface area (Å²) in [5, 5.41) is 14.1. The van der Waals surface area contributed by atoms with Gasteiger partial charge in [-0.25, -0.2) is 9.67 Å². The molecule has 8 nitrogen and oxygen atoms in total. The molecule has 0 aliphatic carbocycles. The van der Waals surface area contributed by atoms with Crippen LogP contribution in [0, 0.1) is 18.3 Å². The SMILES string of the molecule is Cc1c(C(=O)Cc2ccc(C3(C#N)CCN(C4COC4)CC3)nc2)cnn1-c1ccc(C(F)(F)F)cn1. The Balaban J connectivity index is 1.26. The molecule has 2 aliphatic rings. The first-order valence-corrected chi connectivity index (χ1v) is 12.0. The van der Waals surface area contributed by atoms with Crippen molar-refractivity contribution < 1.29 is 22.7 Å². The van der Waals surface area contributed by atoms with Gasteiger partial charge >= 0.3 is 6.18 Å². The summed E-state index contributed by atoms with van der Waals surface area (Å²) in [6.45, 7) is 4.81. The highest BCUT2D eigenvalue weighted by Crippen LogP contribution is 2.35. The lowest BCUT2D eigenvalue weighted by molar-refractivity contribution is -0.137. The number of rotatable bonds is 6. The zero-order valence-corrected chi connectivity index (χ0v) is 20.2. The third-order valence-corrected chi connectivity index (χ3v) is 7.28. The van der Waals surface area contributed by atoms with Gasteiger partial charge in [0, 0.05) is 31.9 Å². The Kier molecular flexibility index (Phi) is 6.56. The van der Waals surface area contributed by atoms with E-state index in [1.54, 1.807) is 13.1 Å². The summed E-state index contributed by atoms with van der Waals surface area (Å²) in [5.41, 5.74) is 0.750. The number of alkyl halides is 3. The molecular weight excluding hydrogens is 485 g/mol. The summed E-state index contributed by atoms with van der Waals surface area (Å²) in [5.74, 6) is -0.00973. The van der Waals surface area contributed by atoms with E-state index < -0.39 is 17.2 Å². The van der Waals surface area contributed by atoms with Crippen molar-refractivity contribution in [1.82, 2.24) is 24.6 Å². The molecule has 192 valence electrons. The van der Waals surface area contributed by atoms with Crippen molar-refractivity contribution in [3.05, 3.63) is 70.9 Å². The van der Waals surface area contributed by atoms with Gasteiger partial charge in [-0.1, -0.05) is 6.07 Å². The third-order valence-electron chi connectivity index (χ3n) is 7.28. The number of aromatic nitrogens is 4. The number of ether oxygens (including phenoxy) is 1. The van der Waals surface area contributed by atoms with Gasteiger partial charge in [0.25, 0.3) is 0 Å². The maximum Gasteiger partial charge on any atom is 0.417 e. The largest absolute Gasteiger partial charge is 0.417 e. The number of carbonyl (C=O) groups is 1. The molecule has 0 saturated carbocycles. The zero-order chi connectivity index (χ0) is 26.2. The molecular formula is C26H25F3N6O2. The highest BCUT2D eigenvalue weighted by atomic mass is 19.4. The summed E-state index contributed by atoms with van der Waals surface area (Å²) >= 11 is 0. The number of ketones is 1. The molecule has 2 saturated heterocycles. The standard InChI is InChI=1S/C26H25F3N6O2/c1-17-21(13-33-35(17)24-5-3-19(12-32-24)26(27,28)29)22(36)10-18-2-4-23(31-11-18)25(16-30)6-8-34(9-7-25)20-14-37-15-20/h2-5,11-13,20H,6-10,14-15H2,1H3. The van der Waals surface area contributed by atoms with Gasteiger partial charge in [-0.2, -0.15) is 23.5 Å². The zero-order valence-electron chi connectivity index (χ0n) is 20.2. The monoisotopic (exact) mass is 510 g/mol. The fourth-order valence-corrected chi connectivity index (χ4v) is 4.82. The lowest BCUT2D eigenvalue weighted by atomic mass is 9.76. The number of nitriles is 1. The van der Waals surface area contributed by atoms with Gasteiger partial charge in [0.1, 0.15) is 5.41 Å². The highest BCUT2D eigenvalue weighted by Gasteiger charge is 2.40. The predicted molar refractivity (Wildman–Crippen MR) is 126 cm³/mol. The number of halogens is 3. The molecule has 5 heterocycles. The maximum absolute atomic E-state index is 13.0. The van der Waals surface area contributed by atoms with E-state index in [9.17, 15) is 23.2 Å². The number of piperidine rings is 1. The molecule has 0 bridgehead atoms. The quantitative estimate of drug-likeness (QED) is 0.467. The Morgan fingerprint density at radius 1 is 1.14 bits per heavy atom. The molecule has 5 rings (SSSR count). The van der Waals surface area contributed by atoms with Crippen LogP contribution in [0.4, 0.5) is 13.2 Å². The van der Waals surface area contributed by atoms with Gasteiger partial charge < -0.3 is 4.74 Å². The number of hydrogen-bond acceptors (Lipinski definition) is 7. The van der Waals surface area contributed by atoms with Crippen molar-refractivity contribution in [2.45, 2.75) is 43.8 Å². The topological polar surface area (TPSA) is 96.9 Å². The van der Waals surface area contributed by atoms with Crippen molar-refractivity contribution in [2.75, 3.05) is 26.3 Å². The van der Waals surface area contributed by atoms with Crippen molar-refractivity contribution >= 4 is 5.78 Å². The molecule has 0 N–H and O–H groups in total. The highest BCUT2D eigenvalue weighted by molar-refractivity contribution is 5.98. The smallest absolute Gasteiger partial charge is 0.378 e. The molecule has 0 atom stereocenters. The second-order valence-corrected chi connectivity index (χ2v) is 9.53. The Morgan fingerprint density at radius 3 is 2.43 bits per heavy atom. The summed E-state index contributed by atoms with van der Waals surface area (Å²) in [4.78, 5) is 23.8. The molecule has 0 unspecified atom stereocenters. The Hall–Kier alpha value is -3.62. The average molecular weight is 511 g/mol. The van der Waals surface area contributed by atoms with Gasteiger partial charge in [0.2, 0.25) is 0 Å². The van der Waals surface area contributed by atoms with Crippen LogP contribution in [-0.2, 0) is 22.7 Å².